The summed E-state index contributed by atoms with van der Waals surface area (Å²) < 4.78 is 6.18. The fourth-order valence-electron chi connectivity index (χ4n) is 1.92. The van der Waals surface area contributed by atoms with E-state index < -0.39 is 0 Å². The zero-order valence-corrected chi connectivity index (χ0v) is 13.0. The van der Waals surface area contributed by atoms with E-state index in [9.17, 15) is 0 Å². The molecule has 0 aliphatic carbocycles. The summed E-state index contributed by atoms with van der Waals surface area (Å²) in [7, 11) is 3.39. The van der Waals surface area contributed by atoms with Crippen molar-refractivity contribution < 1.29 is 4.74 Å². The van der Waals surface area contributed by atoms with Crippen molar-refractivity contribution in [3.63, 3.8) is 0 Å². The maximum absolute atomic E-state index is 5.29. The van der Waals surface area contributed by atoms with Crippen LogP contribution in [0.2, 0.25) is 0 Å². The highest BCUT2D eigenvalue weighted by Crippen LogP contribution is 2.30. The quantitative estimate of drug-likeness (QED) is 0.671. The van der Waals surface area contributed by atoms with E-state index in [-0.39, 0.29) is 0 Å². The summed E-state index contributed by atoms with van der Waals surface area (Å²) in [6.45, 7) is 0. The highest BCUT2D eigenvalue weighted by atomic mass is 79.9. The second kappa shape index (κ2) is 5.57. The lowest BCUT2D eigenvalue weighted by Crippen LogP contribution is -2.01. The number of fused-ring (bicyclic) bond motifs is 1. The number of anilines is 3. The zero-order chi connectivity index (χ0) is 14.8. The molecule has 0 aliphatic rings. The Labute approximate surface area is 129 Å². The number of ether oxygens (including phenoxy) is 1. The van der Waals surface area contributed by atoms with Crippen molar-refractivity contribution in [1.29, 1.82) is 0 Å². The van der Waals surface area contributed by atoms with Gasteiger partial charge in [-0.15, -0.1) is 0 Å². The van der Waals surface area contributed by atoms with Gasteiger partial charge in [-0.25, -0.2) is 0 Å². The SMILES string of the molecule is CNc1nc(Nc2ccc(Br)c(OC)c2)c2cn[nH]c2n1. The first-order chi connectivity index (χ1) is 10.2. The molecule has 0 atom stereocenters. The van der Waals surface area contributed by atoms with E-state index in [1.165, 1.54) is 0 Å². The maximum atomic E-state index is 5.29. The highest BCUT2D eigenvalue weighted by Gasteiger charge is 2.10. The van der Waals surface area contributed by atoms with Crippen LogP contribution in [0.25, 0.3) is 11.0 Å². The number of rotatable bonds is 4. The lowest BCUT2D eigenvalue weighted by Gasteiger charge is -2.10. The molecule has 8 heteroatoms. The van der Waals surface area contributed by atoms with Gasteiger partial charge < -0.3 is 15.4 Å². The molecule has 0 aliphatic heterocycles. The van der Waals surface area contributed by atoms with Crippen molar-refractivity contribution in [3.05, 3.63) is 28.9 Å². The van der Waals surface area contributed by atoms with Crippen molar-refractivity contribution in [3.8, 4) is 5.75 Å². The van der Waals surface area contributed by atoms with E-state index in [1.54, 1.807) is 20.4 Å². The van der Waals surface area contributed by atoms with Gasteiger partial charge in [0.1, 0.15) is 11.6 Å². The molecular weight excluding hydrogens is 336 g/mol. The Morgan fingerprint density at radius 1 is 1.29 bits per heavy atom. The summed E-state index contributed by atoms with van der Waals surface area (Å²) >= 11 is 3.43. The molecule has 0 saturated carbocycles. The molecule has 0 bridgehead atoms. The molecule has 3 rings (SSSR count). The fourth-order valence-corrected chi connectivity index (χ4v) is 2.32. The Bertz CT molecular complexity index is 787. The van der Waals surface area contributed by atoms with Gasteiger partial charge in [-0.1, -0.05) is 0 Å². The summed E-state index contributed by atoms with van der Waals surface area (Å²) in [5.41, 5.74) is 1.53. The van der Waals surface area contributed by atoms with Gasteiger partial charge in [0.05, 0.1) is 23.2 Å². The van der Waals surface area contributed by atoms with Gasteiger partial charge in [-0.2, -0.15) is 15.1 Å². The average molecular weight is 349 g/mol. The van der Waals surface area contributed by atoms with E-state index >= 15 is 0 Å². The molecule has 108 valence electrons. The van der Waals surface area contributed by atoms with Crippen molar-refractivity contribution in [1.82, 2.24) is 20.2 Å². The molecule has 2 aromatic heterocycles. The average Bonchev–Trinajstić information content (AvgIpc) is 2.97. The second-order valence-corrected chi connectivity index (χ2v) is 5.11. The lowest BCUT2D eigenvalue weighted by atomic mass is 10.3. The Balaban J connectivity index is 2.03. The van der Waals surface area contributed by atoms with Crippen LogP contribution in [0, 0.1) is 0 Å². The Hall–Kier alpha value is -2.35. The third-order valence-electron chi connectivity index (χ3n) is 2.95. The van der Waals surface area contributed by atoms with Crippen LogP contribution in [0.5, 0.6) is 5.75 Å². The van der Waals surface area contributed by atoms with Crippen LogP contribution >= 0.6 is 15.9 Å². The summed E-state index contributed by atoms with van der Waals surface area (Å²) in [5.74, 6) is 1.92. The van der Waals surface area contributed by atoms with Gasteiger partial charge in [-0.05, 0) is 28.1 Å². The molecule has 0 radical (unpaired) electrons. The standard InChI is InChI=1S/C13H13BrN6O/c1-15-13-18-11(8-6-16-20-12(8)19-13)17-7-3-4-9(14)10(5-7)21-2/h3-6H,1-2H3,(H3,15,16,17,18,19,20). The summed E-state index contributed by atoms with van der Waals surface area (Å²) in [4.78, 5) is 8.71. The Morgan fingerprint density at radius 2 is 2.14 bits per heavy atom. The molecule has 3 N–H and O–H groups in total. The molecule has 0 amide bonds. The van der Waals surface area contributed by atoms with Crippen LogP contribution in [0.4, 0.5) is 17.5 Å². The van der Waals surface area contributed by atoms with Gasteiger partial charge in [0.15, 0.2) is 5.65 Å². The van der Waals surface area contributed by atoms with Gasteiger partial charge in [0.25, 0.3) is 0 Å². The van der Waals surface area contributed by atoms with Crippen molar-refractivity contribution in [2.45, 2.75) is 0 Å². The number of aromatic nitrogens is 4. The monoisotopic (exact) mass is 348 g/mol. The molecule has 0 spiro atoms. The molecule has 2 heterocycles. The molecular formula is C13H13BrN6O. The minimum absolute atomic E-state index is 0.512. The Morgan fingerprint density at radius 3 is 2.90 bits per heavy atom. The van der Waals surface area contributed by atoms with Crippen LogP contribution < -0.4 is 15.4 Å². The number of H-pyrrole nitrogens is 1. The first-order valence-corrected chi connectivity index (χ1v) is 7.00. The predicted molar refractivity (Wildman–Crippen MR) is 85.2 cm³/mol. The first-order valence-electron chi connectivity index (χ1n) is 6.20. The van der Waals surface area contributed by atoms with Gasteiger partial charge in [0, 0.05) is 18.8 Å². The van der Waals surface area contributed by atoms with Gasteiger partial charge in [0.2, 0.25) is 5.95 Å². The maximum Gasteiger partial charge on any atom is 0.226 e. The lowest BCUT2D eigenvalue weighted by molar-refractivity contribution is 0.412. The summed E-state index contributed by atoms with van der Waals surface area (Å²) in [6, 6.07) is 5.73. The number of hydrogen-bond acceptors (Lipinski definition) is 6. The number of nitrogens with zero attached hydrogens (tertiary/aromatic N) is 3. The summed E-state index contributed by atoms with van der Waals surface area (Å²) in [6.07, 6.45) is 1.69. The molecule has 1 aromatic carbocycles. The van der Waals surface area contributed by atoms with Crippen LogP contribution in [0.3, 0.4) is 0 Å². The van der Waals surface area contributed by atoms with Crippen molar-refractivity contribution in [2.75, 3.05) is 24.8 Å². The van der Waals surface area contributed by atoms with Gasteiger partial charge in [-0.3, -0.25) is 5.10 Å². The third kappa shape index (κ3) is 2.62. The number of halogens is 1. The number of hydrogen-bond donors (Lipinski definition) is 3. The predicted octanol–water partition coefficient (Wildman–Crippen LogP) is 2.91. The molecule has 0 saturated heterocycles. The van der Waals surface area contributed by atoms with E-state index in [4.69, 9.17) is 4.74 Å². The fraction of sp³-hybridized carbons (Fsp3) is 0.154. The smallest absolute Gasteiger partial charge is 0.226 e. The summed E-state index contributed by atoms with van der Waals surface area (Å²) in [5, 5.41) is 13.8. The number of methoxy groups -OCH3 is 1. The number of aromatic amines is 1. The van der Waals surface area contributed by atoms with Crippen LogP contribution in [-0.2, 0) is 0 Å². The molecule has 0 fully saturated rings. The normalized spacial score (nSPS) is 10.6. The van der Waals surface area contributed by atoms with Crippen LogP contribution in [0.15, 0.2) is 28.9 Å². The Kier molecular flexibility index (Phi) is 3.61. The molecule has 7 nitrogen and oxygen atoms in total. The van der Waals surface area contributed by atoms with E-state index in [1.807, 2.05) is 18.2 Å². The first kappa shape index (κ1) is 13.6. The molecule has 21 heavy (non-hydrogen) atoms. The topological polar surface area (TPSA) is 87.8 Å². The largest absolute Gasteiger partial charge is 0.495 e. The third-order valence-corrected chi connectivity index (χ3v) is 3.60. The number of benzene rings is 1. The van der Waals surface area contributed by atoms with Crippen molar-refractivity contribution >= 4 is 44.4 Å². The van der Waals surface area contributed by atoms with Crippen LogP contribution in [0.1, 0.15) is 0 Å². The highest BCUT2D eigenvalue weighted by molar-refractivity contribution is 9.10. The minimum atomic E-state index is 0.512. The van der Waals surface area contributed by atoms with Crippen molar-refractivity contribution in [2.24, 2.45) is 0 Å². The van der Waals surface area contributed by atoms with Gasteiger partial charge >= 0.3 is 0 Å². The van der Waals surface area contributed by atoms with E-state index in [0.29, 0.717) is 17.4 Å². The number of nitrogens with one attached hydrogen (secondary N) is 3. The molecule has 3 aromatic rings. The zero-order valence-electron chi connectivity index (χ0n) is 11.4. The van der Waals surface area contributed by atoms with E-state index in [2.05, 4.69) is 46.7 Å². The minimum Gasteiger partial charge on any atom is -0.495 e. The second-order valence-electron chi connectivity index (χ2n) is 4.25. The van der Waals surface area contributed by atoms with E-state index in [0.717, 1.165) is 21.3 Å². The molecule has 0 unspecified atom stereocenters. The van der Waals surface area contributed by atoms with Crippen LogP contribution in [-0.4, -0.2) is 34.3 Å².